The summed E-state index contributed by atoms with van der Waals surface area (Å²) in [4.78, 5) is 13.9. The van der Waals surface area contributed by atoms with Gasteiger partial charge >= 0.3 is 5.97 Å². The SMILES string of the molecule is O=C(O)C1CCCN(C(c2ccsc2)c2cccc(OCc3ccccc3)c2)C1. The predicted molar refractivity (Wildman–Crippen MR) is 115 cm³/mol. The zero-order chi connectivity index (χ0) is 20.1. The maximum atomic E-state index is 11.6. The Balaban J connectivity index is 1.57. The van der Waals surface area contributed by atoms with Crippen molar-refractivity contribution in [2.24, 2.45) is 5.92 Å². The van der Waals surface area contributed by atoms with Crippen molar-refractivity contribution >= 4 is 17.3 Å². The van der Waals surface area contributed by atoms with E-state index in [0.717, 1.165) is 36.3 Å². The van der Waals surface area contributed by atoms with Gasteiger partial charge in [-0.2, -0.15) is 11.3 Å². The third kappa shape index (κ3) is 4.86. The minimum Gasteiger partial charge on any atom is -0.489 e. The van der Waals surface area contributed by atoms with Crippen LogP contribution in [0.1, 0.15) is 35.6 Å². The summed E-state index contributed by atoms with van der Waals surface area (Å²) in [6.07, 6.45) is 1.66. The van der Waals surface area contributed by atoms with Crippen LogP contribution in [0, 0.1) is 5.92 Å². The maximum Gasteiger partial charge on any atom is 0.307 e. The number of rotatable bonds is 7. The first-order valence-corrected chi connectivity index (χ1v) is 10.9. The molecule has 3 aromatic rings. The average Bonchev–Trinajstić information content (AvgIpc) is 3.28. The van der Waals surface area contributed by atoms with E-state index < -0.39 is 5.97 Å². The zero-order valence-electron chi connectivity index (χ0n) is 16.2. The second kappa shape index (κ2) is 9.25. The van der Waals surface area contributed by atoms with Crippen molar-refractivity contribution < 1.29 is 14.6 Å². The molecule has 29 heavy (non-hydrogen) atoms. The average molecular weight is 408 g/mol. The van der Waals surface area contributed by atoms with Gasteiger partial charge in [-0.3, -0.25) is 9.69 Å². The highest BCUT2D eigenvalue weighted by Crippen LogP contribution is 2.35. The van der Waals surface area contributed by atoms with Crippen LogP contribution in [0.2, 0.25) is 0 Å². The van der Waals surface area contributed by atoms with Gasteiger partial charge in [-0.05, 0) is 65.0 Å². The summed E-state index contributed by atoms with van der Waals surface area (Å²) in [5.41, 5.74) is 3.48. The molecular formula is C24H25NO3S. The Hall–Kier alpha value is -2.63. The molecule has 1 saturated heterocycles. The molecule has 0 radical (unpaired) electrons. The molecule has 1 aliphatic rings. The van der Waals surface area contributed by atoms with E-state index >= 15 is 0 Å². The quantitative estimate of drug-likeness (QED) is 0.584. The van der Waals surface area contributed by atoms with Gasteiger partial charge in [-0.1, -0.05) is 42.5 Å². The van der Waals surface area contributed by atoms with E-state index in [1.54, 1.807) is 11.3 Å². The summed E-state index contributed by atoms with van der Waals surface area (Å²) >= 11 is 1.67. The molecule has 1 fully saturated rings. The number of ether oxygens (including phenoxy) is 1. The highest BCUT2D eigenvalue weighted by atomic mass is 32.1. The van der Waals surface area contributed by atoms with E-state index in [-0.39, 0.29) is 12.0 Å². The van der Waals surface area contributed by atoms with Crippen LogP contribution in [0.4, 0.5) is 0 Å². The van der Waals surface area contributed by atoms with Crippen LogP contribution >= 0.6 is 11.3 Å². The van der Waals surface area contributed by atoms with Crippen molar-refractivity contribution in [3.05, 3.63) is 88.1 Å². The summed E-state index contributed by atoms with van der Waals surface area (Å²) in [6, 6.07) is 20.5. The molecular weight excluding hydrogens is 382 g/mol. The summed E-state index contributed by atoms with van der Waals surface area (Å²) in [5, 5.41) is 13.8. The third-order valence-electron chi connectivity index (χ3n) is 5.45. The summed E-state index contributed by atoms with van der Waals surface area (Å²) in [5.74, 6) is -0.167. The van der Waals surface area contributed by atoms with E-state index in [0.29, 0.717) is 13.2 Å². The minimum absolute atomic E-state index is 0.0451. The first-order chi connectivity index (χ1) is 14.2. The van der Waals surface area contributed by atoms with Crippen LogP contribution < -0.4 is 4.74 Å². The van der Waals surface area contributed by atoms with Crippen molar-refractivity contribution in [2.75, 3.05) is 13.1 Å². The monoisotopic (exact) mass is 407 g/mol. The number of carbonyl (C=O) groups is 1. The Morgan fingerprint density at radius 1 is 1.14 bits per heavy atom. The minimum atomic E-state index is -0.696. The number of thiophene rings is 1. The van der Waals surface area contributed by atoms with Crippen LogP contribution in [0.25, 0.3) is 0 Å². The Labute approximate surface area is 175 Å². The van der Waals surface area contributed by atoms with E-state index in [1.807, 2.05) is 30.3 Å². The molecule has 0 saturated carbocycles. The van der Waals surface area contributed by atoms with E-state index in [9.17, 15) is 9.90 Å². The number of nitrogens with zero attached hydrogens (tertiary/aromatic N) is 1. The van der Waals surface area contributed by atoms with Gasteiger partial charge in [0.15, 0.2) is 0 Å². The molecule has 4 rings (SSSR count). The lowest BCUT2D eigenvalue weighted by Gasteiger charge is -2.37. The van der Waals surface area contributed by atoms with Crippen molar-refractivity contribution in [2.45, 2.75) is 25.5 Å². The van der Waals surface area contributed by atoms with Gasteiger partial charge in [0.2, 0.25) is 0 Å². The van der Waals surface area contributed by atoms with Gasteiger partial charge in [0.25, 0.3) is 0 Å². The fourth-order valence-electron chi connectivity index (χ4n) is 4.00. The molecule has 4 nitrogen and oxygen atoms in total. The number of hydrogen-bond acceptors (Lipinski definition) is 4. The molecule has 1 aliphatic heterocycles. The molecule has 2 unspecified atom stereocenters. The second-order valence-electron chi connectivity index (χ2n) is 7.48. The summed E-state index contributed by atoms with van der Waals surface area (Å²) < 4.78 is 6.04. The van der Waals surface area contributed by atoms with E-state index in [2.05, 4.69) is 46.0 Å². The standard InChI is InChI=1S/C24H25NO3S/c26-24(27)20-9-5-12-25(15-20)23(21-11-13-29-17-21)19-8-4-10-22(14-19)28-16-18-6-2-1-3-7-18/h1-4,6-8,10-11,13-14,17,20,23H,5,9,12,15-16H2,(H,26,27). The molecule has 0 aliphatic carbocycles. The third-order valence-corrected chi connectivity index (χ3v) is 6.15. The molecule has 0 spiro atoms. The lowest BCUT2D eigenvalue weighted by atomic mass is 9.92. The number of benzene rings is 2. The Morgan fingerprint density at radius 2 is 2.00 bits per heavy atom. The summed E-state index contributed by atoms with van der Waals surface area (Å²) in [6.45, 7) is 2.00. The van der Waals surface area contributed by atoms with Gasteiger partial charge in [-0.25, -0.2) is 0 Å². The molecule has 150 valence electrons. The topological polar surface area (TPSA) is 49.8 Å². The largest absolute Gasteiger partial charge is 0.489 e. The van der Waals surface area contributed by atoms with Gasteiger partial charge in [0, 0.05) is 6.54 Å². The van der Waals surface area contributed by atoms with Crippen molar-refractivity contribution in [3.8, 4) is 5.75 Å². The highest BCUT2D eigenvalue weighted by Gasteiger charge is 2.31. The Morgan fingerprint density at radius 3 is 2.76 bits per heavy atom. The summed E-state index contributed by atoms with van der Waals surface area (Å²) in [7, 11) is 0. The lowest BCUT2D eigenvalue weighted by Crippen LogP contribution is -2.41. The van der Waals surface area contributed by atoms with Crippen molar-refractivity contribution in [1.82, 2.24) is 4.90 Å². The van der Waals surface area contributed by atoms with Gasteiger partial charge < -0.3 is 9.84 Å². The lowest BCUT2D eigenvalue weighted by molar-refractivity contribution is -0.143. The van der Waals surface area contributed by atoms with Crippen LogP contribution in [-0.4, -0.2) is 29.1 Å². The number of aliphatic carboxylic acids is 1. The molecule has 2 heterocycles. The van der Waals surface area contributed by atoms with Crippen molar-refractivity contribution in [3.63, 3.8) is 0 Å². The van der Waals surface area contributed by atoms with Crippen LogP contribution in [0.3, 0.4) is 0 Å². The van der Waals surface area contributed by atoms with Crippen LogP contribution in [0.5, 0.6) is 5.75 Å². The Bertz CT molecular complexity index is 926. The fourth-order valence-corrected chi connectivity index (χ4v) is 4.68. The van der Waals surface area contributed by atoms with E-state index in [1.165, 1.54) is 5.56 Å². The van der Waals surface area contributed by atoms with Crippen LogP contribution in [-0.2, 0) is 11.4 Å². The zero-order valence-corrected chi connectivity index (χ0v) is 17.1. The van der Waals surface area contributed by atoms with E-state index in [4.69, 9.17) is 4.74 Å². The second-order valence-corrected chi connectivity index (χ2v) is 8.26. The molecule has 0 bridgehead atoms. The maximum absolute atomic E-state index is 11.6. The number of hydrogen-bond donors (Lipinski definition) is 1. The smallest absolute Gasteiger partial charge is 0.307 e. The molecule has 2 atom stereocenters. The normalized spacial score (nSPS) is 18.3. The first kappa shape index (κ1) is 19.7. The van der Waals surface area contributed by atoms with Gasteiger partial charge in [-0.15, -0.1) is 0 Å². The van der Waals surface area contributed by atoms with Crippen molar-refractivity contribution in [1.29, 1.82) is 0 Å². The molecule has 2 aromatic carbocycles. The number of piperidine rings is 1. The number of carboxylic acids is 1. The Kier molecular flexibility index (Phi) is 6.27. The first-order valence-electron chi connectivity index (χ1n) is 9.96. The predicted octanol–water partition coefficient (Wildman–Crippen LogP) is 5.21. The molecule has 1 aromatic heterocycles. The van der Waals surface area contributed by atoms with Gasteiger partial charge in [0.05, 0.1) is 12.0 Å². The highest BCUT2D eigenvalue weighted by molar-refractivity contribution is 7.08. The molecule has 5 heteroatoms. The molecule has 0 amide bonds. The van der Waals surface area contributed by atoms with Crippen LogP contribution in [0.15, 0.2) is 71.4 Å². The number of carboxylic acid groups (broad SMARTS) is 1. The molecule has 1 N–H and O–H groups in total. The van der Waals surface area contributed by atoms with Gasteiger partial charge in [0.1, 0.15) is 12.4 Å². The number of likely N-dealkylation sites (tertiary alicyclic amines) is 1. The fraction of sp³-hybridized carbons (Fsp3) is 0.292.